The Hall–Kier alpha value is -3.70. The zero-order valence-electron chi connectivity index (χ0n) is 17.9. The van der Waals surface area contributed by atoms with E-state index in [0.29, 0.717) is 16.9 Å². The van der Waals surface area contributed by atoms with E-state index in [1.807, 2.05) is 0 Å². The van der Waals surface area contributed by atoms with E-state index >= 15 is 8.78 Å². The van der Waals surface area contributed by atoms with E-state index < -0.39 is 44.2 Å². The van der Waals surface area contributed by atoms with Crippen LogP contribution in [0.3, 0.4) is 0 Å². The summed E-state index contributed by atoms with van der Waals surface area (Å²) in [4.78, 5) is 10.7. The number of fused-ring (bicyclic) bond motifs is 1. The largest absolute Gasteiger partial charge is 0.343 e. The minimum atomic E-state index is -4.10. The van der Waals surface area contributed by atoms with Gasteiger partial charge in [0, 0.05) is 35.1 Å². The molecule has 5 rings (SSSR count). The molecule has 3 heterocycles. The molecule has 0 unspecified atom stereocenters. The number of hydrogen-bond donors (Lipinski definition) is 2. The highest BCUT2D eigenvalue weighted by molar-refractivity contribution is 7.90. The smallest absolute Gasteiger partial charge is 0.184 e. The van der Waals surface area contributed by atoms with E-state index in [1.54, 1.807) is 6.20 Å². The lowest BCUT2D eigenvalue weighted by Gasteiger charge is -2.12. The highest BCUT2D eigenvalue weighted by Gasteiger charge is 2.26. The molecule has 0 aliphatic carbocycles. The number of pyridine rings is 1. The second kappa shape index (κ2) is 8.51. The van der Waals surface area contributed by atoms with Gasteiger partial charge in [-0.2, -0.15) is 5.10 Å². The highest BCUT2D eigenvalue weighted by Crippen LogP contribution is 2.36. The Kier molecular flexibility index (Phi) is 5.60. The van der Waals surface area contributed by atoms with Crippen molar-refractivity contribution >= 4 is 32.3 Å². The van der Waals surface area contributed by atoms with Crippen LogP contribution >= 0.6 is 11.6 Å². The van der Waals surface area contributed by atoms with Crippen LogP contribution in [0.2, 0.25) is 5.02 Å². The average Bonchev–Trinajstić information content (AvgIpc) is 3.49. The maximum Gasteiger partial charge on any atom is 0.184 e. The maximum atomic E-state index is 15.5. The van der Waals surface area contributed by atoms with Crippen LogP contribution < -0.4 is 0 Å². The summed E-state index contributed by atoms with van der Waals surface area (Å²) >= 11 is 5.88. The summed E-state index contributed by atoms with van der Waals surface area (Å²) in [5, 5.41) is 7.05. The van der Waals surface area contributed by atoms with Crippen molar-refractivity contribution in [3.8, 4) is 22.6 Å². The van der Waals surface area contributed by atoms with E-state index in [0.717, 1.165) is 12.1 Å². The van der Waals surface area contributed by atoms with Crippen molar-refractivity contribution in [2.75, 3.05) is 0 Å². The predicted molar refractivity (Wildman–Crippen MR) is 124 cm³/mol. The molecule has 0 amide bonds. The van der Waals surface area contributed by atoms with Crippen molar-refractivity contribution in [2.45, 2.75) is 17.6 Å². The van der Waals surface area contributed by atoms with Crippen LogP contribution in [0.4, 0.5) is 13.2 Å². The molecule has 0 atom stereocenters. The molecular weight excluding hydrogens is 503 g/mol. The van der Waals surface area contributed by atoms with Gasteiger partial charge in [0.1, 0.15) is 22.8 Å². The number of imidazole rings is 1. The Morgan fingerprint density at radius 1 is 1.06 bits per heavy atom. The highest BCUT2D eigenvalue weighted by atomic mass is 35.5. The van der Waals surface area contributed by atoms with E-state index in [2.05, 4.69) is 25.1 Å². The van der Waals surface area contributed by atoms with Gasteiger partial charge >= 0.3 is 0 Å². The van der Waals surface area contributed by atoms with Crippen LogP contribution in [0.5, 0.6) is 0 Å². The molecule has 0 radical (unpaired) electrons. The molecule has 0 bridgehead atoms. The molecule has 0 saturated heterocycles. The SMILES string of the molecule is Cc1ncc(Cl)cc1S(=O)(=O)Cc1ccc(F)c(-c2ccc3c(-c4ncc[nH]4)[nH]nc3c2F)c1F. The molecule has 0 spiro atoms. The maximum absolute atomic E-state index is 15.5. The monoisotopic (exact) mass is 517 g/mol. The number of hydrogen-bond acceptors (Lipinski definition) is 5. The van der Waals surface area contributed by atoms with Crippen molar-refractivity contribution in [1.29, 1.82) is 0 Å². The summed E-state index contributed by atoms with van der Waals surface area (Å²) in [6.07, 6.45) is 4.38. The quantitative estimate of drug-likeness (QED) is 0.326. The molecule has 0 fully saturated rings. The number of aromatic amines is 2. The van der Waals surface area contributed by atoms with Crippen LogP contribution in [0.25, 0.3) is 33.5 Å². The molecule has 12 heteroatoms. The third-order valence-corrected chi connectivity index (χ3v) is 7.51. The first-order valence-electron chi connectivity index (χ1n) is 10.2. The summed E-state index contributed by atoms with van der Waals surface area (Å²) in [5.74, 6) is -3.60. The molecule has 2 N–H and O–H groups in total. The Bertz CT molecular complexity index is 1700. The van der Waals surface area contributed by atoms with E-state index in [1.165, 1.54) is 37.5 Å². The molecule has 5 aromatic rings. The fourth-order valence-electron chi connectivity index (χ4n) is 3.86. The first-order chi connectivity index (χ1) is 16.7. The van der Waals surface area contributed by atoms with Crippen molar-refractivity contribution < 1.29 is 21.6 Å². The lowest BCUT2D eigenvalue weighted by molar-refractivity contribution is 0.570. The minimum Gasteiger partial charge on any atom is -0.343 e. The number of nitrogens with zero attached hydrogens (tertiary/aromatic N) is 3. The van der Waals surface area contributed by atoms with Gasteiger partial charge in [-0.3, -0.25) is 10.1 Å². The number of sulfone groups is 1. The number of aryl methyl sites for hydroxylation is 1. The molecule has 0 aliphatic rings. The van der Waals surface area contributed by atoms with Crippen molar-refractivity contribution in [1.82, 2.24) is 25.1 Å². The number of nitrogens with one attached hydrogen (secondary N) is 2. The fraction of sp³-hybridized carbons (Fsp3) is 0.0870. The number of halogens is 4. The molecule has 35 heavy (non-hydrogen) atoms. The average molecular weight is 518 g/mol. The van der Waals surface area contributed by atoms with E-state index in [4.69, 9.17) is 11.6 Å². The lowest BCUT2D eigenvalue weighted by atomic mass is 9.99. The number of aromatic nitrogens is 5. The zero-order valence-corrected chi connectivity index (χ0v) is 19.5. The van der Waals surface area contributed by atoms with Gasteiger partial charge in [-0.25, -0.2) is 26.6 Å². The van der Waals surface area contributed by atoms with Crippen LogP contribution in [0.15, 0.2) is 53.8 Å². The number of benzene rings is 2. The first-order valence-corrected chi connectivity index (χ1v) is 12.2. The van der Waals surface area contributed by atoms with Crippen molar-refractivity contribution in [2.24, 2.45) is 0 Å². The van der Waals surface area contributed by atoms with Crippen LogP contribution in [0.1, 0.15) is 11.3 Å². The fourth-order valence-corrected chi connectivity index (χ4v) is 5.68. The molecular formula is C23H15ClF3N5O2S. The zero-order chi connectivity index (χ0) is 24.9. The van der Waals surface area contributed by atoms with Gasteiger partial charge in [0.25, 0.3) is 0 Å². The normalized spacial score (nSPS) is 11.9. The Morgan fingerprint density at radius 3 is 2.60 bits per heavy atom. The van der Waals surface area contributed by atoms with Crippen LogP contribution in [-0.4, -0.2) is 33.6 Å². The molecule has 178 valence electrons. The number of rotatable bonds is 5. The van der Waals surface area contributed by atoms with Gasteiger partial charge in [0.2, 0.25) is 0 Å². The van der Waals surface area contributed by atoms with Crippen molar-refractivity contribution in [3.05, 3.63) is 82.7 Å². The van der Waals surface area contributed by atoms with Gasteiger partial charge in [-0.1, -0.05) is 23.7 Å². The third-order valence-electron chi connectivity index (χ3n) is 5.53. The Balaban J connectivity index is 1.60. The molecule has 2 aromatic carbocycles. The summed E-state index contributed by atoms with van der Waals surface area (Å²) in [6.45, 7) is 1.47. The van der Waals surface area contributed by atoms with Gasteiger partial charge in [0.15, 0.2) is 21.5 Å². The Labute approximate surface area is 201 Å². The Morgan fingerprint density at radius 2 is 1.86 bits per heavy atom. The summed E-state index contributed by atoms with van der Waals surface area (Å²) < 4.78 is 71.6. The second-order valence-corrected chi connectivity index (χ2v) is 10.1. The molecule has 0 aliphatic heterocycles. The van der Waals surface area contributed by atoms with Crippen LogP contribution in [0, 0.1) is 24.4 Å². The first kappa shape index (κ1) is 23.1. The van der Waals surface area contributed by atoms with Gasteiger partial charge in [-0.05, 0) is 25.1 Å². The second-order valence-electron chi connectivity index (χ2n) is 7.75. The minimum absolute atomic E-state index is 0.0951. The van der Waals surface area contributed by atoms with Crippen LogP contribution in [-0.2, 0) is 15.6 Å². The summed E-state index contributed by atoms with van der Waals surface area (Å²) in [7, 11) is -4.10. The summed E-state index contributed by atoms with van der Waals surface area (Å²) in [5.41, 5.74) is -0.989. The topological polar surface area (TPSA) is 104 Å². The van der Waals surface area contributed by atoms with Gasteiger partial charge < -0.3 is 4.98 Å². The standard InChI is InChI=1S/C23H15ClF3N5O2S/c1-11-17(8-13(24)9-30-11)35(33,34)10-12-2-5-16(25)18(19(12)26)14-3-4-15-21(20(14)27)31-32-22(15)23-28-6-7-29-23/h2-9H,10H2,1H3,(H,28,29)(H,31,32). The molecule has 3 aromatic heterocycles. The predicted octanol–water partition coefficient (Wildman–Crippen LogP) is 5.37. The van der Waals surface area contributed by atoms with E-state index in [-0.39, 0.29) is 26.7 Å². The molecule has 7 nitrogen and oxygen atoms in total. The summed E-state index contributed by atoms with van der Waals surface area (Å²) in [6, 6.07) is 5.79. The third kappa shape index (κ3) is 3.96. The number of H-pyrrole nitrogens is 2. The van der Waals surface area contributed by atoms with E-state index in [9.17, 15) is 12.8 Å². The van der Waals surface area contributed by atoms with Crippen molar-refractivity contribution in [3.63, 3.8) is 0 Å². The lowest BCUT2D eigenvalue weighted by Crippen LogP contribution is -2.10. The van der Waals surface area contributed by atoms with Gasteiger partial charge in [0.05, 0.1) is 26.9 Å². The molecule has 0 saturated carbocycles. The van der Waals surface area contributed by atoms with Gasteiger partial charge in [-0.15, -0.1) is 0 Å².